The molecule has 176 valence electrons. The number of amides is 1. The molecule has 5 rings (SSSR count). The van der Waals surface area contributed by atoms with Gasteiger partial charge >= 0.3 is 0 Å². The van der Waals surface area contributed by atoms with Crippen molar-refractivity contribution in [1.82, 2.24) is 14.8 Å². The van der Waals surface area contributed by atoms with Crippen molar-refractivity contribution in [3.05, 3.63) is 84.6 Å². The summed E-state index contributed by atoms with van der Waals surface area (Å²) in [5.41, 5.74) is 0.635. The molecule has 0 radical (unpaired) electrons. The molecule has 3 heterocycles. The van der Waals surface area contributed by atoms with E-state index in [2.05, 4.69) is 20.9 Å². The third-order valence-corrected chi connectivity index (χ3v) is 6.76. The van der Waals surface area contributed by atoms with Crippen molar-refractivity contribution in [3.63, 3.8) is 0 Å². The van der Waals surface area contributed by atoms with Gasteiger partial charge in [-0.3, -0.25) is 9.69 Å². The van der Waals surface area contributed by atoms with Crippen LogP contribution in [-0.2, 0) is 0 Å². The number of piperidine rings is 1. The van der Waals surface area contributed by atoms with Crippen LogP contribution in [0.1, 0.15) is 23.2 Å². The fourth-order valence-corrected chi connectivity index (χ4v) is 4.98. The zero-order valence-corrected chi connectivity index (χ0v) is 19.6. The SMILES string of the molecule is O=C(c1ccccc1Oc1ccccc1)N1CCC[C@H](CN2CCN(c3ccccn3)CC2)C1. The van der Waals surface area contributed by atoms with Crippen molar-refractivity contribution in [2.24, 2.45) is 5.92 Å². The molecule has 0 unspecified atom stereocenters. The number of likely N-dealkylation sites (tertiary alicyclic amines) is 1. The molecule has 0 bridgehead atoms. The second kappa shape index (κ2) is 10.7. The first-order valence-electron chi connectivity index (χ1n) is 12.3. The molecule has 1 amide bonds. The van der Waals surface area contributed by atoms with Gasteiger partial charge in [0.15, 0.2) is 0 Å². The molecule has 0 N–H and O–H groups in total. The van der Waals surface area contributed by atoms with Crippen LogP contribution in [0.2, 0.25) is 0 Å². The first-order valence-corrected chi connectivity index (χ1v) is 12.3. The Morgan fingerprint density at radius 1 is 0.882 bits per heavy atom. The van der Waals surface area contributed by atoms with Crippen molar-refractivity contribution < 1.29 is 9.53 Å². The smallest absolute Gasteiger partial charge is 0.257 e. The summed E-state index contributed by atoms with van der Waals surface area (Å²) < 4.78 is 6.05. The number of aromatic nitrogens is 1. The second-order valence-electron chi connectivity index (χ2n) is 9.15. The van der Waals surface area contributed by atoms with Gasteiger partial charge in [-0.2, -0.15) is 0 Å². The Kier molecular flexibility index (Phi) is 7.05. The third kappa shape index (κ3) is 5.39. The van der Waals surface area contributed by atoms with Gasteiger partial charge in [0, 0.05) is 52.0 Å². The normalized spacial score (nSPS) is 19.1. The number of carbonyl (C=O) groups excluding carboxylic acids is 1. The summed E-state index contributed by atoms with van der Waals surface area (Å²) in [6, 6.07) is 23.3. The molecular weight excluding hydrogens is 424 g/mol. The van der Waals surface area contributed by atoms with Crippen LogP contribution < -0.4 is 9.64 Å². The number of hydrogen-bond donors (Lipinski definition) is 0. The Bertz CT molecular complexity index is 1070. The van der Waals surface area contributed by atoms with E-state index in [1.807, 2.05) is 77.8 Å². The minimum Gasteiger partial charge on any atom is -0.457 e. The zero-order valence-electron chi connectivity index (χ0n) is 19.6. The molecule has 2 aromatic carbocycles. The molecular formula is C28H32N4O2. The summed E-state index contributed by atoms with van der Waals surface area (Å²) >= 11 is 0. The fourth-order valence-electron chi connectivity index (χ4n) is 4.98. The Labute approximate surface area is 201 Å². The lowest BCUT2D eigenvalue weighted by Crippen LogP contribution is -2.50. The number of para-hydroxylation sites is 2. The number of carbonyl (C=O) groups is 1. The van der Waals surface area contributed by atoms with Crippen molar-refractivity contribution in [1.29, 1.82) is 0 Å². The first kappa shape index (κ1) is 22.4. The van der Waals surface area contributed by atoms with Crippen molar-refractivity contribution in [2.45, 2.75) is 12.8 Å². The maximum absolute atomic E-state index is 13.5. The summed E-state index contributed by atoms with van der Waals surface area (Å²) in [7, 11) is 0. The van der Waals surface area contributed by atoms with Gasteiger partial charge < -0.3 is 14.5 Å². The van der Waals surface area contributed by atoms with Gasteiger partial charge in [0.1, 0.15) is 17.3 Å². The van der Waals surface area contributed by atoms with Crippen LogP contribution in [-0.4, -0.2) is 66.5 Å². The average Bonchev–Trinajstić information content (AvgIpc) is 2.90. The Morgan fingerprint density at radius 2 is 1.65 bits per heavy atom. The van der Waals surface area contributed by atoms with Crippen molar-refractivity contribution in [3.8, 4) is 11.5 Å². The molecule has 3 aromatic rings. The molecule has 2 aliphatic heterocycles. The Hall–Kier alpha value is -3.38. The summed E-state index contributed by atoms with van der Waals surface area (Å²) in [4.78, 5) is 24.9. The highest BCUT2D eigenvalue weighted by atomic mass is 16.5. The van der Waals surface area contributed by atoms with Crippen LogP contribution >= 0.6 is 0 Å². The lowest BCUT2D eigenvalue weighted by atomic mass is 9.96. The molecule has 1 atom stereocenters. The van der Waals surface area contributed by atoms with Gasteiger partial charge in [0.2, 0.25) is 0 Å². The average molecular weight is 457 g/mol. The quantitative estimate of drug-likeness (QED) is 0.545. The van der Waals surface area contributed by atoms with Gasteiger partial charge in [-0.25, -0.2) is 4.98 Å². The third-order valence-electron chi connectivity index (χ3n) is 6.76. The number of nitrogens with zero attached hydrogens (tertiary/aromatic N) is 4. The van der Waals surface area contributed by atoms with Gasteiger partial charge in [-0.05, 0) is 55.2 Å². The van der Waals surface area contributed by atoms with Gasteiger partial charge in [-0.15, -0.1) is 0 Å². The van der Waals surface area contributed by atoms with E-state index in [-0.39, 0.29) is 5.91 Å². The number of rotatable bonds is 6. The van der Waals surface area contributed by atoms with Crippen LogP contribution in [0.25, 0.3) is 0 Å². The molecule has 6 heteroatoms. The molecule has 2 saturated heterocycles. The van der Waals surface area contributed by atoms with Crippen LogP contribution in [0.15, 0.2) is 79.0 Å². The molecule has 6 nitrogen and oxygen atoms in total. The molecule has 0 spiro atoms. The molecule has 34 heavy (non-hydrogen) atoms. The predicted molar refractivity (Wildman–Crippen MR) is 134 cm³/mol. The summed E-state index contributed by atoms with van der Waals surface area (Å²) in [6.07, 6.45) is 4.08. The highest BCUT2D eigenvalue weighted by Gasteiger charge is 2.28. The van der Waals surface area contributed by atoms with Crippen LogP contribution in [0.4, 0.5) is 5.82 Å². The zero-order chi connectivity index (χ0) is 23.2. The van der Waals surface area contributed by atoms with Gasteiger partial charge in [-0.1, -0.05) is 36.4 Å². The number of benzene rings is 2. The number of ether oxygens (including phenoxy) is 1. The first-order chi connectivity index (χ1) is 16.8. The van der Waals surface area contributed by atoms with Gasteiger partial charge in [0.05, 0.1) is 5.56 Å². The largest absolute Gasteiger partial charge is 0.457 e. The number of anilines is 1. The van der Waals surface area contributed by atoms with E-state index in [4.69, 9.17) is 4.74 Å². The van der Waals surface area contributed by atoms with E-state index < -0.39 is 0 Å². The van der Waals surface area contributed by atoms with E-state index in [9.17, 15) is 4.79 Å². The Morgan fingerprint density at radius 3 is 2.44 bits per heavy atom. The minimum atomic E-state index is 0.0659. The molecule has 1 aromatic heterocycles. The van der Waals surface area contributed by atoms with E-state index in [0.29, 0.717) is 17.2 Å². The number of pyridine rings is 1. The standard InChI is InChI=1S/C28H32N4O2/c33-28(25-12-4-5-13-26(25)34-24-10-2-1-3-11-24)32-16-8-9-23(22-32)21-30-17-19-31(20-18-30)27-14-6-7-15-29-27/h1-7,10-15,23H,8-9,16-22H2/t23-/m1/s1. The minimum absolute atomic E-state index is 0.0659. The summed E-state index contributed by atoms with van der Waals surface area (Å²) in [5, 5.41) is 0. The van der Waals surface area contributed by atoms with Crippen LogP contribution in [0.5, 0.6) is 11.5 Å². The van der Waals surface area contributed by atoms with Gasteiger partial charge in [0.25, 0.3) is 5.91 Å². The lowest BCUT2D eigenvalue weighted by molar-refractivity contribution is 0.0634. The molecule has 2 aliphatic rings. The topological polar surface area (TPSA) is 48.9 Å². The van der Waals surface area contributed by atoms with Crippen molar-refractivity contribution in [2.75, 3.05) is 50.7 Å². The Balaban J connectivity index is 1.18. The number of piperazine rings is 1. The van der Waals surface area contributed by atoms with E-state index in [1.165, 1.54) is 6.42 Å². The monoisotopic (exact) mass is 456 g/mol. The molecule has 0 aliphatic carbocycles. The van der Waals surface area contributed by atoms with E-state index in [0.717, 1.165) is 63.8 Å². The van der Waals surface area contributed by atoms with E-state index >= 15 is 0 Å². The van der Waals surface area contributed by atoms with Crippen LogP contribution in [0.3, 0.4) is 0 Å². The summed E-state index contributed by atoms with van der Waals surface area (Å²) in [5.74, 6) is 2.99. The maximum atomic E-state index is 13.5. The lowest BCUT2D eigenvalue weighted by Gasteiger charge is -2.39. The van der Waals surface area contributed by atoms with Crippen LogP contribution in [0, 0.1) is 5.92 Å². The van der Waals surface area contributed by atoms with E-state index in [1.54, 1.807) is 0 Å². The maximum Gasteiger partial charge on any atom is 0.257 e. The summed E-state index contributed by atoms with van der Waals surface area (Å²) in [6.45, 7) is 6.72. The highest BCUT2D eigenvalue weighted by Crippen LogP contribution is 2.28. The fraction of sp³-hybridized carbons (Fsp3) is 0.357. The number of hydrogen-bond acceptors (Lipinski definition) is 5. The van der Waals surface area contributed by atoms with Crippen molar-refractivity contribution >= 4 is 11.7 Å². The molecule has 2 fully saturated rings. The highest BCUT2D eigenvalue weighted by molar-refractivity contribution is 5.97. The second-order valence-corrected chi connectivity index (χ2v) is 9.15. The predicted octanol–water partition coefficient (Wildman–Crippen LogP) is 4.55. The molecule has 0 saturated carbocycles.